The lowest BCUT2D eigenvalue weighted by atomic mass is 10.2. The summed E-state index contributed by atoms with van der Waals surface area (Å²) in [7, 11) is 0. The average molecular weight is 221 g/mol. The van der Waals surface area contributed by atoms with Crippen molar-refractivity contribution in [2.24, 2.45) is 4.99 Å². The van der Waals surface area contributed by atoms with E-state index in [4.69, 9.17) is 0 Å². The topological polar surface area (TPSA) is 37.3 Å². The molecule has 0 bridgehead atoms. The Balaban J connectivity index is 1.93. The van der Waals surface area contributed by atoms with Crippen LogP contribution in [0.2, 0.25) is 0 Å². The van der Waals surface area contributed by atoms with Gasteiger partial charge in [0.2, 0.25) is 0 Å². The lowest BCUT2D eigenvalue weighted by molar-refractivity contribution is 0.642. The molecule has 1 N–H and O–H groups in total. The first-order valence-corrected chi connectivity index (χ1v) is 6.16. The monoisotopic (exact) mass is 221 g/mol. The molecule has 1 aliphatic heterocycles. The maximum absolute atomic E-state index is 4.54. The Hall–Kier alpha value is -1.03. The van der Waals surface area contributed by atoms with E-state index < -0.39 is 0 Å². The fourth-order valence-corrected chi connectivity index (χ4v) is 2.50. The van der Waals surface area contributed by atoms with E-state index in [1.54, 1.807) is 12.4 Å². The zero-order chi connectivity index (χ0) is 10.5. The van der Waals surface area contributed by atoms with Gasteiger partial charge in [-0.3, -0.25) is 9.98 Å². The van der Waals surface area contributed by atoms with Crippen LogP contribution in [0.4, 0.5) is 0 Å². The van der Waals surface area contributed by atoms with Gasteiger partial charge in [0.1, 0.15) is 0 Å². The van der Waals surface area contributed by atoms with Crippen LogP contribution >= 0.6 is 11.8 Å². The van der Waals surface area contributed by atoms with Crippen molar-refractivity contribution in [1.29, 1.82) is 0 Å². The molecule has 2 rings (SSSR count). The van der Waals surface area contributed by atoms with E-state index in [0.29, 0.717) is 6.04 Å². The molecule has 1 atom stereocenters. The smallest absolute Gasteiger partial charge is 0.157 e. The van der Waals surface area contributed by atoms with E-state index in [-0.39, 0.29) is 0 Å². The first-order valence-electron chi connectivity index (χ1n) is 5.17. The van der Waals surface area contributed by atoms with Crippen LogP contribution in [-0.4, -0.2) is 21.9 Å². The Kier molecular flexibility index (Phi) is 3.61. The number of hydrogen-bond acceptors (Lipinski definition) is 3. The van der Waals surface area contributed by atoms with Crippen LogP contribution in [0.1, 0.15) is 18.9 Å². The number of nitrogens with one attached hydrogen (secondary N) is 1. The van der Waals surface area contributed by atoms with Gasteiger partial charge in [0.25, 0.3) is 0 Å². The predicted molar refractivity (Wildman–Crippen MR) is 65.0 cm³/mol. The van der Waals surface area contributed by atoms with Gasteiger partial charge in [-0.25, -0.2) is 0 Å². The Morgan fingerprint density at radius 1 is 1.53 bits per heavy atom. The zero-order valence-electron chi connectivity index (χ0n) is 8.81. The third-order valence-corrected chi connectivity index (χ3v) is 3.27. The number of nitrogens with zero attached hydrogens (tertiary/aromatic N) is 2. The Bertz CT molecular complexity index is 337. The van der Waals surface area contributed by atoms with E-state index in [9.17, 15) is 0 Å². The Morgan fingerprint density at radius 2 is 2.33 bits per heavy atom. The molecule has 0 saturated carbocycles. The van der Waals surface area contributed by atoms with Crippen molar-refractivity contribution in [3.05, 3.63) is 30.1 Å². The Morgan fingerprint density at radius 3 is 3.07 bits per heavy atom. The molecule has 1 aromatic rings. The second-order valence-electron chi connectivity index (χ2n) is 3.66. The maximum Gasteiger partial charge on any atom is 0.157 e. The summed E-state index contributed by atoms with van der Waals surface area (Å²) in [5.74, 6) is 1.17. The van der Waals surface area contributed by atoms with Crippen molar-refractivity contribution in [3.63, 3.8) is 0 Å². The van der Waals surface area contributed by atoms with Crippen molar-refractivity contribution in [1.82, 2.24) is 10.3 Å². The summed E-state index contributed by atoms with van der Waals surface area (Å²) in [5.41, 5.74) is 1.21. The summed E-state index contributed by atoms with van der Waals surface area (Å²) in [4.78, 5) is 8.53. The Labute approximate surface area is 94.4 Å². The van der Waals surface area contributed by atoms with Crippen LogP contribution in [0.3, 0.4) is 0 Å². The van der Waals surface area contributed by atoms with Crippen molar-refractivity contribution in [2.45, 2.75) is 25.9 Å². The highest BCUT2D eigenvalue weighted by Crippen LogP contribution is 2.14. The molecule has 0 radical (unpaired) electrons. The van der Waals surface area contributed by atoms with Gasteiger partial charge in [0.15, 0.2) is 5.17 Å². The molecule has 0 aliphatic carbocycles. The van der Waals surface area contributed by atoms with Crippen molar-refractivity contribution < 1.29 is 0 Å². The summed E-state index contributed by atoms with van der Waals surface area (Å²) in [6, 6.07) is 4.56. The van der Waals surface area contributed by atoms with Gasteiger partial charge in [0, 0.05) is 24.2 Å². The highest BCUT2D eigenvalue weighted by Gasteiger charge is 2.12. The fourth-order valence-electron chi connectivity index (χ4n) is 1.40. The minimum atomic E-state index is 0.558. The van der Waals surface area contributed by atoms with Crippen LogP contribution in [0, 0.1) is 0 Å². The summed E-state index contributed by atoms with van der Waals surface area (Å²) in [6.07, 6.45) is 4.83. The average Bonchev–Trinajstić information content (AvgIpc) is 2.28. The molecule has 1 fully saturated rings. The van der Waals surface area contributed by atoms with Crippen LogP contribution in [0.15, 0.2) is 29.5 Å². The highest BCUT2D eigenvalue weighted by atomic mass is 32.2. The van der Waals surface area contributed by atoms with Gasteiger partial charge in [-0.2, -0.15) is 0 Å². The molecule has 0 amide bonds. The number of hydrogen-bond donors (Lipinski definition) is 1. The van der Waals surface area contributed by atoms with Crippen LogP contribution < -0.4 is 5.32 Å². The third kappa shape index (κ3) is 3.23. The van der Waals surface area contributed by atoms with E-state index in [0.717, 1.165) is 11.7 Å². The summed E-state index contributed by atoms with van der Waals surface area (Å²) in [5, 5.41) is 4.46. The predicted octanol–water partition coefficient (Wildman–Crippen LogP) is 2.05. The standard InChI is InChI=1S/C11H15N3S/c1-9-4-7-15-11(14-9)13-8-10-2-5-12-6-3-10/h2-3,5-6,9H,4,7-8H2,1H3,(H,13,14). The van der Waals surface area contributed by atoms with Crippen LogP contribution in [0.25, 0.3) is 0 Å². The summed E-state index contributed by atoms with van der Waals surface area (Å²) < 4.78 is 0. The van der Waals surface area contributed by atoms with Gasteiger partial charge in [-0.15, -0.1) is 0 Å². The molecule has 1 aliphatic rings. The van der Waals surface area contributed by atoms with Crippen LogP contribution in [0.5, 0.6) is 0 Å². The van der Waals surface area contributed by atoms with E-state index in [2.05, 4.69) is 22.2 Å². The molecular weight excluding hydrogens is 206 g/mol. The molecular formula is C11H15N3S. The fraction of sp³-hybridized carbons (Fsp3) is 0.455. The van der Waals surface area contributed by atoms with Gasteiger partial charge in [0.05, 0.1) is 6.54 Å². The van der Waals surface area contributed by atoms with Gasteiger partial charge in [-0.1, -0.05) is 11.8 Å². The molecule has 1 aromatic heterocycles. The molecule has 0 aromatic carbocycles. The molecule has 3 nitrogen and oxygen atoms in total. The van der Waals surface area contributed by atoms with Crippen LogP contribution in [-0.2, 0) is 6.54 Å². The number of rotatable bonds is 2. The minimum absolute atomic E-state index is 0.558. The second kappa shape index (κ2) is 5.16. The van der Waals surface area contributed by atoms with Gasteiger partial charge in [-0.05, 0) is 31.0 Å². The molecule has 1 saturated heterocycles. The lowest BCUT2D eigenvalue weighted by Gasteiger charge is -2.21. The summed E-state index contributed by atoms with van der Waals surface area (Å²) in [6.45, 7) is 2.94. The molecule has 15 heavy (non-hydrogen) atoms. The van der Waals surface area contributed by atoms with Crippen molar-refractivity contribution in [2.75, 3.05) is 5.75 Å². The molecule has 0 spiro atoms. The molecule has 2 heterocycles. The van der Waals surface area contributed by atoms with Gasteiger partial charge < -0.3 is 5.32 Å². The minimum Gasteiger partial charge on any atom is -0.362 e. The number of amidine groups is 1. The molecule has 4 heteroatoms. The summed E-state index contributed by atoms with van der Waals surface area (Å²) >= 11 is 1.81. The number of thioether (sulfide) groups is 1. The van der Waals surface area contributed by atoms with Crippen molar-refractivity contribution >= 4 is 16.9 Å². The first kappa shape index (κ1) is 10.5. The van der Waals surface area contributed by atoms with E-state index >= 15 is 0 Å². The van der Waals surface area contributed by atoms with E-state index in [1.807, 2.05) is 23.9 Å². The zero-order valence-corrected chi connectivity index (χ0v) is 9.63. The number of pyridine rings is 1. The number of aromatic nitrogens is 1. The van der Waals surface area contributed by atoms with Crippen molar-refractivity contribution in [3.8, 4) is 0 Å². The van der Waals surface area contributed by atoms with E-state index in [1.165, 1.54) is 17.7 Å². The maximum atomic E-state index is 4.54. The molecule has 1 unspecified atom stereocenters. The largest absolute Gasteiger partial charge is 0.362 e. The highest BCUT2D eigenvalue weighted by molar-refractivity contribution is 8.13. The van der Waals surface area contributed by atoms with Gasteiger partial charge >= 0.3 is 0 Å². The second-order valence-corrected chi connectivity index (χ2v) is 4.74. The SMILES string of the molecule is CC1CCSC(=NCc2ccncc2)N1. The molecule has 80 valence electrons. The lowest BCUT2D eigenvalue weighted by Crippen LogP contribution is -2.35. The normalized spacial score (nSPS) is 23.8. The quantitative estimate of drug-likeness (QED) is 0.830. The third-order valence-electron chi connectivity index (χ3n) is 2.31. The number of aliphatic imine (C=N–C) groups is 1. The first-order chi connectivity index (χ1) is 7.34.